The Morgan fingerprint density at radius 2 is 0.574 bits per heavy atom. The van der Waals surface area contributed by atoms with Gasteiger partial charge in [-0.3, -0.25) is 0 Å². The molecule has 1 nitrogen and oxygen atoms in total. The second kappa shape index (κ2) is 14.0. The molecule has 0 heterocycles. The molecule has 1 spiro atoms. The van der Waals surface area contributed by atoms with Crippen molar-refractivity contribution in [1.29, 1.82) is 0 Å². The van der Waals surface area contributed by atoms with Crippen LogP contribution in [0.4, 0.5) is 17.1 Å². The highest BCUT2D eigenvalue weighted by atomic mass is 15.1. The fourth-order valence-corrected chi connectivity index (χ4v) is 13.5. The van der Waals surface area contributed by atoms with Gasteiger partial charge in [0.25, 0.3) is 0 Å². The van der Waals surface area contributed by atoms with E-state index in [0.29, 0.717) is 0 Å². The van der Waals surface area contributed by atoms with Crippen LogP contribution in [0, 0.1) is 0 Å². The van der Waals surface area contributed by atoms with Crippen LogP contribution in [0.1, 0.15) is 72.2 Å². The van der Waals surface area contributed by atoms with Crippen LogP contribution in [-0.4, -0.2) is 0 Å². The first-order chi connectivity index (χ1) is 33.3. The maximum atomic E-state index is 2.52. The topological polar surface area (TPSA) is 3.24 Å². The predicted octanol–water partition coefficient (Wildman–Crippen LogP) is 17.4. The van der Waals surface area contributed by atoms with E-state index in [1.165, 1.54) is 111 Å². The Bertz CT molecular complexity index is 3550. The normalized spacial score (nSPS) is 15.1. The zero-order valence-corrected chi connectivity index (χ0v) is 38.8. The molecule has 0 amide bonds. The highest BCUT2D eigenvalue weighted by Gasteiger charge is 2.52. The second-order valence-corrected chi connectivity index (χ2v) is 20.4. The van der Waals surface area contributed by atoms with Crippen molar-refractivity contribution in [2.75, 3.05) is 4.90 Å². The van der Waals surface area contributed by atoms with Crippen LogP contribution in [0.25, 0.3) is 66.8 Å². The van der Waals surface area contributed by atoms with E-state index in [1.54, 1.807) is 0 Å². The molecule has 0 aromatic heterocycles. The Hall–Kier alpha value is -8.00. The van der Waals surface area contributed by atoms with Crippen molar-refractivity contribution >= 4 is 17.1 Å². The Morgan fingerprint density at radius 3 is 1.01 bits per heavy atom. The summed E-state index contributed by atoms with van der Waals surface area (Å²) in [6, 6.07) is 84.9. The standard InChI is InChI=1S/C67H49N/c1-65(2)57-32-10-5-26-52(57)55-30-17-28-47(63(55)65)42-19-15-21-44(39-42)68(45-22-16-20-43(40-45)48-29-18-31-56-53-27-6-11-33-58(53)66(3,4)64(48)56)46-37-38-54-51-25-9-14-36-61(51)67(62(54)41-46)59-34-12-7-23-49(59)50-24-8-13-35-60(50)67/h5-41H,1-4H3. The van der Waals surface area contributed by atoms with E-state index in [2.05, 4.69) is 257 Å². The molecule has 68 heavy (non-hydrogen) atoms. The van der Waals surface area contributed by atoms with Gasteiger partial charge in [-0.2, -0.15) is 0 Å². The number of benzene rings is 10. The molecule has 4 aliphatic carbocycles. The van der Waals surface area contributed by atoms with E-state index in [4.69, 9.17) is 0 Å². The molecule has 0 atom stereocenters. The maximum Gasteiger partial charge on any atom is 0.0726 e. The highest BCUT2D eigenvalue weighted by molar-refractivity contribution is 5.97. The van der Waals surface area contributed by atoms with Crippen LogP contribution in [0.3, 0.4) is 0 Å². The summed E-state index contributed by atoms with van der Waals surface area (Å²) in [7, 11) is 0. The van der Waals surface area contributed by atoms with E-state index >= 15 is 0 Å². The minimum Gasteiger partial charge on any atom is -0.310 e. The van der Waals surface area contributed by atoms with Crippen molar-refractivity contribution in [1.82, 2.24) is 0 Å². The van der Waals surface area contributed by atoms with Gasteiger partial charge in [0, 0.05) is 27.9 Å². The smallest absolute Gasteiger partial charge is 0.0726 e. The first kappa shape index (κ1) is 39.2. The lowest BCUT2D eigenvalue weighted by Crippen LogP contribution is -2.26. The Morgan fingerprint density at radius 1 is 0.250 bits per heavy atom. The molecule has 0 radical (unpaired) electrons. The Labute approximate surface area is 399 Å². The summed E-state index contributed by atoms with van der Waals surface area (Å²) in [6.45, 7) is 9.56. The number of fused-ring (bicyclic) bond motifs is 16. The lowest BCUT2D eigenvalue weighted by atomic mass is 9.70. The molecule has 0 fully saturated rings. The number of hydrogen-bond donors (Lipinski definition) is 0. The van der Waals surface area contributed by atoms with Crippen LogP contribution in [0.15, 0.2) is 224 Å². The van der Waals surface area contributed by atoms with E-state index in [1.807, 2.05) is 0 Å². The van der Waals surface area contributed by atoms with Gasteiger partial charge in [0.1, 0.15) is 0 Å². The zero-order valence-electron chi connectivity index (χ0n) is 38.8. The zero-order chi connectivity index (χ0) is 45.5. The molecule has 0 N–H and O–H groups in total. The fourth-order valence-electron chi connectivity index (χ4n) is 13.5. The number of hydrogen-bond acceptors (Lipinski definition) is 1. The predicted molar refractivity (Wildman–Crippen MR) is 283 cm³/mol. The lowest BCUT2D eigenvalue weighted by molar-refractivity contribution is 0.662. The summed E-state index contributed by atoms with van der Waals surface area (Å²) in [5.41, 5.74) is 29.1. The number of nitrogens with zero attached hydrogens (tertiary/aromatic N) is 1. The van der Waals surface area contributed by atoms with Gasteiger partial charge >= 0.3 is 0 Å². The molecule has 0 aliphatic heterocycles. The average molecular weight is 868 g/mol. The summed E-state index contributed by atoms with van der Waals surface area (Å²) in [6.07, 6.45) is 0. The Balaban J connectivity index is 1.00. The van der Waals surface area contributed by atoms with E-state index in [0.717, 1.165) is 17.1 Å². The van der Waals surface area contributed by atoms with Crippen molar-refractivity contribution in [3.05, 3.63) is 269 Å². The molecule has 10 aromatic rings. The van der Waals surface area contributed by atoms with E-state index < -0.39 is 5.41 Å². The largest absolute Gasteiger partial charge is 0.310 e. The van der Waals surface area contributed by atoms with Crippen molar-refractivity contribution in [3.8, 4) is 66.8 Å². The molecule has 322 valence electrons. The first-order valence-electron chi connectivity index (χ1n) is 24.2. The quantitative estimate of drug-likeness (QED) is 0.167. The molecular formula is C67H49N. The Kier molecular flexibility index (Phi) is 8.08. The summed E-state index contributed by atoms with van der Waals surface area (Å²) in [5.74, 6) is 0. The number of rotatable bonds is 5. The molecule has 0 saturated carbocycles. The van der Waals surface area contributed by atoms with Gasteiger partial charge in [-0.15, -0.1) is 0 Å². The molecule has 14 rings (SSSR count). The molecule has 1 heteroatoms. The highest BCUT2D eigenvalue weighted by Crippen LogP contribution is 2.63. The lowest BCUT2D eigenvalue weighted by Gasteiger charge is -2.32. The maximum absolute atomic E-state index is 2.52. The van der Waals surface area contributed by atoms with Crippen LogP contribution < -0.4 is 4.90 Å². The van der Waals surface area contributed by atoms with E-state index in [-0.39, 0.29) is 10.8 Å². The first-order valence-corrected chi connectivity index (χ1v) is 24.2. The third-order valence-electron chi connectivity index (χ3n) is 16.2. The van der Waals surface area contributed by atoms with Crippen molar-refractivity contribution < 1.29 is 0 Å². The summed E-state index contributed by atoms with van der Waals surface area (Å²) in [4.78, 5) is 2.52. The molecule has 10 aromatic carbocycles. The molecule has 4 aliphatic rings. The fraction of sp³-hybridized carbons (Fsp3) is 0.104. The SMILES string of the molecule is CC1(C)c2ccccc2-c2cccc(-c3cccc(N(c4cccc(-c5cccc6c5C(C)(C)c5ccccc5-6)c4)c4ccc5c(c4)C4(c6ccccc6-c6ccccc64)c4ccccc4-5)c3)c21. The van der Waals surface area contributed by atoms with E-state index in [9.17, 15) is 0 Å². The third-order valence-corrected chi connectivity index (χ3v) is 16.2. The van der Waals surface area contributed by atoms with Crippen LogP contribution in [0.2, 0.25) is 0 Å². The van der Waals surface area contributed by atoms with Gasteiger partial charge in [-0.25, -0.2) is 0 Å². The van der Waals surface area contributed by atoms with Gasteiger partial charge in [-0.1, -0.05) is 216 Å². The van der Waals surface area contributed by atoms with Crippen LogP contribution in [0.5, 0.6) is 0 Å². The summed E-state index contributed by atoms with van der Waals surface area (Å²) >= 11 is 0. The van der Waals surface area contributed by atoms with Gasteiger partial charge in [0.15, 0.2) is 0 Å². The molecule has 0 bridgehead atoms. The molecular weight excluding hydrogens is 819 g/mol. The van der Waals surface area contributed by atoms with Crippen LogP contribution in [-0.2, 0) is 16.2 Å². The number of anilines is 3. The van der Waals surface area contributed by atoms with Crippen molar-refractivity contribution in [3.63, 3.8) is 0 Å². The monoisotopic (exact) mass is 867 g/mol. The van der Waals surface area contributed by atoms with Crippen LogP contribution >= 0.6 is 0 Å². The van der Waals surface area contributed by atoms with Gasteiger partial charge in [0.05, 0.1) is 5.41 Å². The minimum atomic E-state index is -0.457. The van der Waals surface area contributed by atoms with Gasteiger partial charge < -0.3 is 4.90 Å². The van der Waals surface area contributed by atoms with Gasteiger partial charge in [0.2, 0.25) is 0 Å². The van der Waals surface area contributed by atoms with Crippen molar-refractivity contribution in [2.24, 2.45) is 0 Å². The minimum absolute atomic E-state index is 0.146. The average Bonchev–Trinajstić information content (AvgIpc) is 4.02. The molecule has 0 unspecified atom stereocenters. The summed E-state index contributed by atoms with van der Waals surface area (Å²) < 4.78 is 0. The van der Waals surface area contributed by atoms with Gasteiger partial charge in [-0.05, 0) is 148 Å². The second-order valence-electron chi connectivity index (χ2n) is 20.4. The van der Waals surface area contributed by atoms with Crippen molar-refractivity contribution in [2.45, 2.75) is 43.9 Å². The molecule has 0 saturated heterocycles. The summed E-state index contributed by atoms with van der Waals surface area (Å²) in [5, 5.41) is 0. The third kappa shape index (κ3) is 5.11.